The van der Waals surface area contributed by atoms with Gasteiger partial charge in [-0.25, -0.2) is 0 Å². The van der Waals surface area contributed by atoms with Gasteiger partial charge in [-0.05, 0) is 43.7 Å². The minimum absolute atomic E-state index is 0.630. The molecule has 5 heteroatoms. The lowest BCUT2D eigenvalue weighted by Crippen LogP contribution is -1.85. The van der Waals surface area contributed by atoms with Crippen molar-refractivity contribution in [1.82, 2.24) is 10.2 Å². The van der Waals surface area contributed by atoms with Crippen LogP contribution >= 0.6 is 22.9 Å². The molecule has 0 N–H and O–H groups in total. The second kappa shape index (κ2) is 6.06. The molecule has 102 valence electrons. The summed E-state index contributed by atoms with van der Waals surface area (Å²) in [4.78, 5) is 2.63. The second-order valence-electron chi connectivity index (χ2n) is 4.91. The molecule has 0 atom stereocenters. The molecule has 0 amide bonds. The molecule has 0 radical (unpaired) electrons. The molecule has 0 aliphatic heterocycles. The monoisotopic (exact) mass is 296 g/mol. The topological polar surface area (TPSA) is 38.9 Å². The van der Waals surface area contributed by atoms with E-state index in [0.717, 1.165) is 17.7 Å². The number of rotatable bonds is 4. The third-order valence-electron chi connectivity index (χ3n) is 3.45. The van der Waals surface area contributed by atoms with Gasteiger partial charge in [-0.2, -0.15) is 0 Å². The summed E-state index contributed by atoms with van der Waals surface area (Å²) in [6, 6.07) is 2.24. The fraction of sp³-hybridized carbons (Fsp3) is 0.571. The van der Waals surface area contributed by atoms with Crippen molar-refractivity contribution < 1.29 is 4.42 Å². The van der Waals surface area contributed by atoms with E-state index in [1.165, 1.54) is 42.5 Å². The largest absolute Gasteiger partial charge is 0.420 e. The van der Waals surface area contributed by atoms with Gasteiger partial charge in [-0.1, -0.05) is 6.42 Å². The fourth-order valence-electron chi connectivity index (χ4n) is 2.45. The molecule has 3 rings (SSSR count). The van der Waals surface area contributed by atoms with Crippen LogP contribution in [-0.2, 0) is 19.3 Å². The van der Waals surface area contributed by atoms with E-state index in [4.69, 9.17) is 16.0 Å². The van der Waals surface area contributed by atoms with Gasteiger partial charge in [0.15, 0.2) is 0 Å². The Labute approximate surface area is 122 Å². The molecule has 0 saturated heterocycles. The van der Waals surface area contributed by atoms with E-state index in [9.17, 15) is 0 Å². The number of alkyl halides is 1. The Balaban J connectivity index is 1.80. The number of nitrogens with zero attached hydrogens (tertiary/aromatic N) is 2. The van der Waals surface area contributed by atoms with Gasteiger partial charge in [0.05, 0.1) is 4.88 Å². The molecule has 0 bridgehead atoms. The zero-order valence-corrected chi connectivity index (χ0v) is 12.4. The van der Waals surface area contributed by atoms with Crippen molar-refractivity contribution >= 4 is 22.9 Å². The highest BCUT2D eigenvalue weighted by molar-refractivity contribution is 7.15. The van der Waals surface area contributed by atoms with Crippen molar-refractivity contribution in [2.24, 2.45) is 0 Å². The van der Waals surface area contributed by atoms with Crippen LogP contribution in [0, 0.1) is 0 Å². The number of halogens is 1. The first-order chi connectivity index (χ1) is 9.36. The number of hydrogen-bond donors (Lipinski definition) is 0. The van der Waals surface area contributed by atoms with Crippen molar-refractivity contribution in [3.63, 3.8) is 0 Å². The lowest BCUT2D eigenvalue weighted by molar-refractivity contribution is 0.503. The van der Waals surface area contributed by atoms with Crippen LogP contribution in [-0.4, -0.2) is 16.1 Å². The van der Waals surface area contributed by atoms with Crippen LogP contribution in [0.15, 0.2) is 10.5 Å². The molecule has 2 aromatic heterocycles. The van der Waals surface area contributed by atoms with Crippen LogP contribution in [0.4, 0.5) is 0 Å². The predicted molar refractivity (Wildman–Crippen MR) is 77.9 cm³/mol. The third kappa shape index (κ3) is 3.00. The summed E-state index contributed by atoms with van der Waals surface area (Å²) >= 11 is 7.49. The van der Waals surface area contributed by atoms with Gasteiger partial charge in [0.25, 0.3) is 5.89 Å². The average Bonchev–Trinajstić information content (AvgIpc) is 2.99. The van der Waals surface area contributed by atoms with Crippen LogP contribution in [0.3, 0.4) is 0 Å². The first-order valence-corrected chi connectivity index (χ1v) is 8.22. The molecule has 0 fully saturated rings. The zero-order valence-electron chi connectivity index (χ0n) is 10.8. The van der Waals surface area contributed by atoms with Crippen LogP contribution in [0.5, 0.6) is 0 Å². The Morgan fingerprint density at radius 2 is 2.11 bits per heavy atom. The van der Waals surface area contributed by atoms with Crippen LogP contribution in [0.2, 0.25) is 0 Å². The standard InChI is InChI=1S/C14H17ClN2OS/c15-8-4-7-13-16-17-14(18-13)12-9-10-5-2-1-3-6-11(10)19-12/h9H,1-8H2. The molecular formula is C14H17ClN2OS. The van der Waals surface area contributed by atoms with E-state index < -0.39 is 0 Å². The summed E-state index contributed by atoms with van der Waals surface area (Å²) in [5, 5.41) is 8.24. The van der Waals surface area contributed by atoms with Gasteiger partial charge >= 0.3 is 0 Å². The Bertz CT molecular complexity index is 526. The SMILES string of the molecule is ClCCCc1nnc(-c2cc3c(s2)CCCCC3)o1. The maximum absolute atomic E-state index is 5.71. The van der Waals surface area contributed by atoms with Gasteiger partial charge < -0.3 is 4.42 Å². The predicted octanol–water partition coefficient (Wildman–Crippen LogP) is 4.24. The minimum Gasteiger partial charge on any atom is -0.420 e. The molecule has 2 aromatic rings. The molecule has 2 heterocycles. The quantitative estimate of drug-likeness (QED) is 0.626. The van der Waals surface area contributed by atoms with Gasteiger partial charge in [-0.15, -0.1) is 33.1 Å². The molecule has 0 saturated carbocycles. The van der Waals surface area contributed by atoms with Crippen molar-refractivity contribution in [2.75, 3.05) is 5.88 Å². The first kappa shape index (κ1) is 13.1. The van der Waals surface area contributed by atoms with E-state index >= 15 is 0 Å². The molecule has 1 aliphatic carbocycles. The van der Waals surface area contributed by atoms with Gasteiger partial charge in [-0.3, -0.25) is 0 Å². The maximum atomic E-state index is 5.71. The smallest absolute Gasteiger partial charge is 0.257 e. The Morgan fingerprint density at radius 3 is 3.00 bits per heavy atom. The van der Waals surface area contributed by atoms with Crippen molar-refractivity contribution in [3.8, 4) is 10.8 Å². The summed E-state index contributed by atoms with van der Waals surface area (Å²) in [5.41, 5.74) is 1.48. The Hall–Kier alpha value is -0.870. The lowest BCUT2D eigenvalue weighted by atomic mass is 10.1. The summed E-state index contributed by atoms with van der Waals surface area (Å²) < 4.78 is 5.71. The van der Waals surface area contributed by atoms with Crippen molar-refractivity contribution in [1.29, 1.82) is 0 Å². The highest BCUT2D eigenvalue weighted by Gasteiger charge is 2.16. The average molecular weight is 297 g/mol. The number of fused-ring (bicyclic) bond motifs is 1. The van der Waals surface area contributed by atoms with Crippen molar-refractivity contribution in [2.45, 2.75) is 44.9 Å². The first-order valence-electron chi connectivity index (χ1n) is 6.87. The van der Waals surface area contributed by atoms with E-state index in [0.29, 0.717) is 17.7 Å². The molecule has 0 spiro atoms. The van der Waals surface area contributed by atoms with Gasteiger partial charge in [0.2, 0.25) is 5.89 Å². The number of thiophene rings is 1. The number of aromatic nitrogens is 2. The normalized spacial score (nSPS) is 15.2. The molecule has 19 heavy (non-hydrogen) atoms. The van der Waals surface area contributed by atoms with E-state index in [1.807, 2.05) is 11.3 Å². The highest BCUT2D eigenvalue weighted by atomic mass is 35.5. The number of aryl methyl sites for hydroxylation is 3. The molecule has 0 aromatic carbocycles. The van der Waals surface area contributed by atoms with E-state index in [1.54, 1.807) is 0 Å². The third-order valence-corrected chi connectivity index (χ3v) is 4.94. The lowest BCUT2D eigenvalue weighted by Gasteiger charge is -1.92. The maximum Gasteiger partial charge on any atom is 0.257 e. The van der Waals surface area contributed by atoms with Crippen LogP contribution < -0.4 is 0 Å². The van der Waals surface area contributed by atoms with E-state index in [-0.39, 0.29) is 0 Å². The molecule has 1 aliphatic rings. The zero-order chi connectivity index (χ0) is 13.1. The van der Waals surface area contributed by atoms with E-state index in [2.05, 4.69) is 16.3 Å². The summed E-state index contributed by atoms with van der Waals surface area (Å²) in [5.74, 6) is 1.99. The summed E-state index contributed by atoms with van der Waals surface area (Å²) in [7, 11) is 0. The second-order valence-corrected chi connectivity index (χ2v) is 6.43. The molecule has 3 nitrogen and oxygen atoms in total. The Kier molecular flexibility index (Phi) is 4.18. The number of hydrogen-bond acceptors (Lipinski definition) is 4. The minimum atomic E-state index is 0.630. The van der Waals surface area contributed by atoms with Gasteiger partial charge in [0, 0.05) is 17.2 Å². The van der Waals surface area contributed by atoms with Crippen LogP contribution in [0.1, 0.15) is 42.0 Å². The van der Waals surface area contributed by atoms with Crippen LogP contribution in [0.25, 0.3) is 10.8 Å². The fourth-order valence-corrected chi connectivity index (χ4v) is 3.75. The van der Waals surface area contributed by atoms with Crippen molar-refractivity contribution in [3.05, 3.63) is 22.4 Å². The molecule has 0 unspecified atom stereocenters. The Morgan fingerprint density at radius 1 is 1.21 bits per heavy atom. The highest BCUT2D eigenvalue weighted by Crippen LogP contribution is 2.34. The molecular weight excluding hydrogens is 280 g/mol. The van der Waals surface area contributed by atoms with Gasteiger partial charge in [0.1, 0.15) is 0 Å². The summed E-state index contributed by atoms with van der Waals surface area (Å²) in [6.45, 7) is 0. The summed E-state index contributed by atoms with van der Waals surface area (Å²) in [6.07, 6.45) is 7.99.